The number of aliphatic hydroxyl groups excluding tert-OH is 1. The van der Waals surface area contributed by atoms with E-state index in [1.54, 1.807) is 10.8 Å². The standard InChI is InChI=1S/C20H24ClFN2O2/c21-16-9-14(22)10-17-18(16)15(11-24(17)7-8-25)19(26)23-12-20-4-1-13(2-5-20)3-6-20/h9-11,13,25H,1-8,12H2,(H,23,26). The van der Waals surface area contributed by atoms with Crippen molar-refractivity contribution in [3.63, 3.8) is 0 Å². The third kappa shape index (κ3) is 3.12. The quantitative estimate of drug-likeness (QED) is 0.822. The maximum Gasteiger partial charge on any atom is 0.253 e. The molecule has 3 aliphatic carbocycles. The predicted molar refractivity (Wildman–Crippen MR) is 100.0 cm³/mol. The van der Waals surface area contributed by atoms with E-state index in [4.69, 9.17) is 11.6 Å². The summed E-state index contributed by atoms with van der Waals surface area (Å²) in [5, 5.41) is 13.1. The molecule has 2 bridgehead atoms. The Balaban J connectivity index is 1.60. The molecule has 0 spiro atoms. The first kappa shape index (κ1) is 17.8. The summed E-state index contributed by atoms with van der Waals surface area (Å²) in [6, 6.07) is 2.58. The van der Waals surface area contributed by atoms with Gasteiger partial charge in [0.1, 0.15) is 5.82 Å². The molecule has 140 valence electrons. The summed E-state index contributed by atoms with van der Waals surface area (Å²) in [5.41, 5.74) is 1.22. The van der Waals surface area contributed by atoms with Crippen LogP contribution >= 0.6 is 11.6 Å². The fourth-order valence-corrected chi connectivity index (χ4v) is 5.08. The number of benzene rings is 1. The summed E-state index contributed by atoms with van der Waals surface area (Å²) in [6.07, 6.45) is 9.06. The number of carbonyl (C=O) groups excluding carboxylic acids is 1. The number of nitrogens with zero attached hydrogens (tertiary/aromatic N) is 1. The van der Waals surface area contributed by atoms with Crippen LogP contribution in [0.1, 0.15) is 48.9 Å². The Morgan fingerprint density at radius 2 is 2.00 bits per heavy atom. The van der Waals surface area contributed by atoms with Crippen molar-refractivity contribution in [2.75, 3.05) is 13.2 Å². The third-order valence-electron chi connectivity index (χ3n) is 6.36. The number of aromatic nitrogens is 1. The second-order valence-electron chi connectivity index (χ2n) is 7.91. The minimum atomic E-state index is -0.454. The van der Waals surface area contributed by atoms with Crippen molar-refractivity contribution >= 4 is 28.4 Å². The zero-order valence-corrected chi connectivity index (χ0v) is 15.5. The normalized spacial score (nSPS) is 25.0. The Bertz CT molecular complexity index is 826. The van der Waals surface area contributed by atoms with Gasteiger partial charge in [0, 0.05) is 24.7 Å². The van der Waals surface area contributed by atoms with Gasteiger partial charge in [0.15, 0.2) is 0 Å². The van der Waals surface area contributed by atoms with E-state index in [1.807, 2.05) is 0 Å². The fourth-order valence-electron chi connectivity index (χ4n) is 4.78. The second-order valence-corrected chi connectivity index (χ2v) is 8.31. The minimum Gasteiger partial charge on any atom is -0.395 e. The lowest BCUT2D eigenvalue weighted by molar-refractivity contribution is 0.0598. The van der Waals surface area contributed by atoms with Crippen molar-refractivity contribution in [1.29, 1.82) is 0 Å². The molecule has 0 radical (unpaired) electrons. The van der Waals surface area contributed by atoms with Crippen molar-refractivity contribution < 1.29 is 14.3 Å². The number of aliphatic hydroxyl groups is 1. The highest BCUT2D eigenvalue weighted by Gasteiger charge is 2.40. The molecule has 26 heavy (non-hydrogen) atoms. The highest BCUT2D eigenvalue weighted by atomic mass is 35.5. The highest BCUT2D eigenvalue weighted by molar-refractivity contribution is 6.36. The predicted octanol–water partition coefficient (Wildman–Crippen LogP) is 4.13. The molecule has 1 aromatic heterocycles. The maximum absolute atomic E-state index is 13.8. The van der Waals surface area contributed by atoms with Crippen LogP contribution in [0.5, 0.6) is 0 Å². The van der Waals surface area contributed by atoms with Crippen molar-refractivity contribution in [1.82, 2.24) is 9.88 Å². The van der Waals surface area contributed by atoms with Gasteiger partial charge in [0.05, 0.1) is 22.7 Å². The van der Waals surface area contributed by atoms with Crippen molar-refractivity contribution in [2.45, 2.75) is 45.1 Å². The van der Waals surface area contributed by atoms with Crippen LogP contribution in [0.2, 0.25) is 5.02 Å². The molecule has 0 unspecified atom stereocenters. The molecule has 1 aromatic carbocycles. The first-order chi connectivity index (χ1) is 12.5. The average Bonchev–Trinajstić information content (AvgIpc) is 3.00. The first-order valence-corrected chi connectivity index (χ1v) is 9.76. The molecule has 3 fully saturated rings. The number of rotatable bonds is 5. The highest BCUT2D eigenvalue weighted by Crippen LogP contribution is 2.49. The monoisotopic (exact) mass is 378 g/mol. The summed E-state index contributed by atoms with van der Waals surface area (Å²) in [4.78, 5) is 12.9. The molecule has 5 rings (SSSR count). The maximum atomic E-state index is 13.8. The lowest BCUT2D eigenvalue weighted by Crippen LogP contribution is -2.43. The molecule has 0 saturated heterocycles. The van der Waals surface area contributed by atoms with Crippen LogP contribution in [0.3, 0.4) is 0 Å². The number of fused-ring (bicyclic) bond motifs is 4. The number of carbonyl (C=O) groups is 1. The molecule has 4 nitrogen and oxygen atoms in total. The molecule has 1 amide bonds. The van der Waals surface area contributed by atoms with Crippen LogP contribution in [-0.2, 0) is 6.54 Å². The molecule has 6 heteroatoms. The van der Waals surface area contributed by atoms with E-state index >= 15 is 0 Å². The molecule has 3 aliphatic rings. The van der Waals surface area contributed by atoms with Crippen molar-refractivity contribution in [3.8, 4) is 0 Å². The minimum absolute atomic E-state index is 0.0940. The van der Waals surface area contributed by atoms with Crippen LogP contribution in [0.4, 0.5) is 4.39 Å². The molecular weight excluding hydrogens is 355 g/mol. The van der Waals surface area contributed by atoms with Gasteiger partial charge in [-0.15, -0.1) is 0 Å². The fraction of sp³-hybridized carbons (Fsp3) is 0.550. The zero-order valence-electron chi connectivity index (χ0n) is 14.7. The SMILES string of the molecule is O=C(NCC12CCC(CC1)CC2)c1cn(CCO)c2cc(F)cc(Cl)c12. The first-order valence-electron chi connectivity index (χ1n) is 9.38. The van der Waals surface area contributed by atoms with Crippen molar-refractivity contribution in [3.05, 3.63) is 34.7 Å². The van der Waals surface area contributed by atoms with Crippen molar-refractivity contribution in [2.24, 2.45) is 11.3 Å². The van der Waals surface area contributed by atoms with Gasteiger partial charge in [-0.3, -0.25) is 4.79 Å². The van der Waals surface area contributed by atoms with E-state index in [0.717, 1.165) is 5.92 Å². The number of amides is 1. The third-order valence-corrected chi connectivity index (χ3v) is 6.65. The lowest BCUT2D eigenvalue weighted by atomic mass is 9.61. The van der Waals surface area contributed by atoms with Crippen LogP contribution < -0.4 is 5.32 Å². The smallest absolute Gasteiger partial charge is 0.253 e. The molecule has 0 atom stereocenters. The number of nitrogens with one attached hydrogen (secondary N) is 1. The summed E-state index contributed by atoms with van der Waals surface area (Å²) in [6.45, 7) is 0.877. The Morgan fingerprint density at radius 3 is 2.65 bits per heavy atom. The van der Waals surface area contributed by atoms with Gasteiger partial charge in [-0.05, 0) is 62.0 Å². The van der Waals surface area contributed by atoms with Gasteiger partial charge in [0.2, 0.25) is 0 Å². The van der Waals surface area contributed by atoms with Crippen LogP contribution in [-0.4, -0.2) is 28.7 Å². The summed E-state index contributed by atoms with van der Waals surface area (Å²) in [5.74, 6) is 0.254. The number of hydrogen-bond donors (Lipinski definition) is 2. The summed E-state index contributed by atoms with van der Waals surface area (Å²) < 4.78 is 15.4. The second kappa shape index (κ2) is 6.86. The number of hydrogen-bond acceptors (Lipinski definition) is 2. The Labute approximate surface area is 157 Å². The van der Waals surface area contributed by atoms with Crippen LogP contribution in [0.15, 0.2) is 18.3 Å². The van der Waals surface area contributed by atoms with Gasteiger partial charge >= 0.3 is 0 Å². The Kier molecular flexibility index (Phi) is 4.70. The molecule has 2 aromatic rings. The van der Waals surface area contributed by atoms with Crippen LogP contribution in [0, 0.1) is 17.2 Å². The lowest BCUT2D eigenvalue weighted by Gasteiger charge is -2.46. The van der Waals surface area contributed by atoms with Gasteiger partial charge in [-0.1, -0.05) is 11.6 Å². The van der Waals surface area contributed by atoms with E-state index in [0.29, 0.717) is 23.0 Å². The van der Waals surface area contributed by atoms with Gasteiger partial charge in [-0.25, -0.2) is 4.39 Å². The number of halogens is 2. The van der Waals surface area contributed by atoms with Gasteiger partial charge in [0.25, 0.3) is 5.91 Å². The topological polar surface area (TPSA) is 54.3 Å². The largest absolute Gasteiger partial charge is 0.395 e. The summed E-state index contributed by atoms with van der Waals surface area (Å²) in [7, 11) is 0. The summed E-state index contributed by atoms with van der Waals surface area (Å²) >= 11 is 6.24. The van der Waals surface area contributed by atoms with Gasteiger partial charge in [-0.2, -0.15) is 0 Å². The van der Waals surface area contributed by atoms with E-state index in [1.165, 1.54) is 50.7 Å². The average molecular weight is 379 g/mol. The van der Waals surface area contributed by atoms with Gasteiger partial charge < -0.3 is 15.0 Å². The van der Waals surface area contributed by atoms with E-state index in [-0.39, 0.29) is 29.5 Å². The van der Waals surface area contributed by atoms with E-state index < -0.39 is 5.82 Å². The van der Waals surface area contributed by atoms with E-state index in [9.17, 15) is 14.3 Å². The Hall–Kier alpha value is -1.59. The molecule has 0 aliphatic heterocycles. The van der Waals surface area contributed by atoms with E-state index in [2.05, 4.69) is 5.32 Å². The molecule has 1 heterocycles. The van der Waals surface area contributed by atoms with Crippen LogP contribution in [0.25, 0.3) is 10.9 Å². The molecular formula is C20H24ClFN2O2. The Morgan fingerprint density at radius 1 is 1.31 bits per heavy atom. The molecule has 2 N–H and O–H groups in total. The molecule has 3 saturated carbocycles. The zero-order chi connectivity index (χ0) is 18.3.